The smallest absolute Gasteiger partial charge is 0.206 e. The van der Waals surface area contributed by atoms with Crippen LogP contribution in [0.4, 0.5) is 4.39 Å². The standard InChI is InChI=1S/C9H11FO3/c1-13-7-3-2-6(4-5-11)9(12)8(7)10/h2-3,11-12H,4-5H2,1H3. The highest BCUT2D eigenvalue weighted by Gasteiger charge is 2.11. The summed E-state index contributed by atoms with van der Waals surface area (Å²) in [6, 6.07) is 2.94. The van der Waals surface area contributed by atoms with Crippen LogP contribution in [0.25, 0.3) is 0 Å². The second-order valence-electron chi connectivity index (χ2n) is 2.56. The van der Waals surface area contributed by atoms with Crippen LogP contribution in [-0.4, -0.2) is 23.9 Å². The number of aliphatic hydroxyl groups excluding tert-OH is 1. The third-order valence-electron chi connectivity index (χ3n) is 1.77. The zero-order valence-electron chi connectivity index (χ0n) is 7.25. The largest absolute Gasteiger partial charge is 0.505 e. The summed E-state index contributed by atoms with van der Waals surface area (Å²) in [7, 11) is 1.32. The molecule has 72 valence electrons. The minimum absolute atomic E-state index is 0.000750. The van der Waals surface area contributed by atoms with Gasteiger partial charge in [0.05, 0.1) is 7.11 Å². The molecule has 0 fully saturated rings. The maximum Gasteiger partial charge on any atom is 0.206 e. The summed E-state index contributed by atoms with van der Waals surface area (Å²) in [4.78, 5) is 0. The molecule has 0 amide bonds. The van der Waals surface area contributed by atoms with Crippen molar-refractivity contribution in [2.24, 2.45) is 0 Å². The Kier molecular flexibility index (Phi) is 3.08. The van der Waals surface area contributed by atoms with Crippen molar-refractivity contribution in [1.29, 1.82) is 0 Å². The first kappa shape index (κ1) is 9.80. The van der Waals surface area contributed by atoms with Gasteiger partial charge in [-0.3, -0.25) is 0 Å². The highest BCUT2D eigenvalue weighted by molar-refractivity contribution is 5.41. The summed E-state index contributed by atoms with van der Waals surface area (Å²) in [5.74, 6) is -1.24. The highest BCUT2D eigenvalue weighted by Crippen LogP contribution is 2.29. The molecule has 0 bridgehead atoms. The van der Waals surface area contributed by atoms with Crippen LogP contribution < -0.4 is 4.74 Å². The molecule has 13 heavy (non-hydrogen) atoms. The lowest BCUT2D eigenvalue weighted by Gasteiger charge is -2.07. The highest BCUT2D eigenvalue weighted by atomic mass is 19.1. The van der Waals surface area contributed by atoms with Gasteiger partial charge in [-0.1, -0.05) is 6.07 Å². The Morgan fingerprint density at radius 3 is 2.69 bits per heavy atom. The number of phenols is 1. The number of hydrogen-bond acceptors (Lipinski definition) is 3. The van der Waals surface area contributed by atoms with Crippen molar-refractivity contribution < 1.29 is 19.3 Å². The van der Waals surface area contributed by atoms with Crippen molar-refractivity contribution in [1.82, 2.24) is 0 Å². The van der Waals surface area contributed by atoms with Crippen molar-refractivity contribution in [3.63, 3.8) is 0 Å². The average molecular weight is 186 g/mol. The third-order valence-corrected chi connectivity index (χ3v) is 1.77. The van der Waals surface area contributed by atoms with Gasteiger partial charge in [-0.25, -0.2) is 0 Å². The summed E-state index contributed by atoms with van der Waals surface area (Å²) < 4.78 is 17.8. The number of hydrogen-bond donors (Lipinski definition) is 2. The molecule has 0 atom stereocenters. The van der Waals surface area contributed by atoms with E-state index >= 15 is 0 Å². The van der Waals surface area contributed by atoms with Gasteiger partial charge in [-0.2, -0.15) is 4.39 Å². The number of aliphatic hydroxyl groups is 1. The zero-order chi connectivity index (χ0) is 9.84. The summed E-state index contributed by atoms with van der Waals surface area (Å²) >= 11 is 0. The molecule has 1 aromatic carbocycles. The average Bonchev–Trinajstić information content (AvgIpc) is 2.14. The van der Waals surface area contributed by atoms with Crippen molar-refractivity contribution in [2.45, 2.75) is 6.42 Å². The van der Waals surface area contributed by atoms with Crippen LogP contribution in [0.5, 0.6) is 11.5 Å². The van der Waals surface area contributed by atoms with E-state index in [1.54, 1.807) is 0 Å². The molecule has 0 aromatic heterocycles. The van der Waals surface area contributed by atoms with Gasteiger partial charge in [-0.05, 0) is 18.1 Å². The number of methoxy groups -OCH3 is 1. The predicted molar refractivity (Wildman–Crippen MR) is 45.4 cm³/mol. The molecule has 0 saturated heterocycles. The van der Waals surface area contributed by atoms with Crippen LogP contribution in [0.1, 0.15) is 5.56 Å². The van der Waals surface area contributed by atoms with E-state index in [2.05, 4.69) is 4.74 Å². The van der Waals surface area contributed by atoms with Crippen molar-refractivity contribution in [3.8, 4) is 11.5 Å². The van der Waals surface area contributed by atoms with E-state index in [9.17, 15) is 9.50 Å². The van der Waals surface area contributed by atoms with Gasteiger partial charge in [-0.15, -0.1) is 0 Å². The lowest BCUT2D eigenvalue weighted by atomic mass is 10.1. The minimum atomic E-state index is -0.784. The van der Waals surface area contributed by atoms with Crippen LogP contribution in [0.15, 0.2) is 12.1 Å². The van der Waals surface area contributed by atoms with Crippen molar-refractivity contribution >= 4 is 0 Å². The van der Waals surface area contributed by atoms with Gasteiger partial charge < -0.3 is 14.9 Å². The lowest BCUT2D eigenvalue weighted by Crippen LogP contribution is -1.95. The van der Waals surface area contributed by atoms with E-state index in [1.165, 1.54) is 19.2 Å². The molecular weight excluding hydrogens is 175 g/mol. The summed E-state index contributed by atoms with van der Waals surface area (Å²) in [6.45, 7) is -0.126. The number of rotatable bonds is 3. The van der Waals surface area contributed by atoms with E-state index in [4.69, 9.17) is 5.11 Å². The van der Waals surface area contributed by atoms with Gasteiger partial charge >= 0.3 is 0 Å². The van der Waals surface area contributed by atoms with Crippen molar-refractivity contribution in [2.75, 3.05) is 13.7 Å². The van der Waals surface area contributed by atoms with Gasteiger partial charge in [0.2, 0.25) is 5.82 Å². The third kappa shape index (κ3) is 1.89. The molecule has 0 aliphatic carbocycles. The SMILES string of the molecule is COc1ccc(CCO)c(O)c1F. The summed E-state index contributed by atoms with van der Waals surface area (Å²) in [6.07, 6.45) is 0.229. The normalized spacial score (nSPS) is 10.1. The molecule has 1 aromatic rings. The van der Waals surface area contributed by atoms with E-state index < -0.39 is 11.6 Å². The molecule has 0 saturated carbocycles. The molecule has 1 rings (SSSR count). The van der Waals surface area contributed by atoms with E-state index in [-0.39, 0.29) is 18.8 Å². The summed E-state index contributed by atoms with van der Waals surface area (Å²) in [5.41, 5.74) is 0.376. The number of halogens is 1. The van der Waals surface area contributed by atoms with Gasteiger partial charge in [0.15, 0.2) is 11.5 Å². The van der Waals surface area contributed by atoms with Gasteiger partial charge in [0, 0.05) is 6.61 Å². The van der Waals surface area contributed by atoms with Crippen LogP contribution in [0, 0.1) is 5.82 Å². The topological polar surface area (TPSA) is 49.7 Å². The Balaban J connectivity index is 3.07. The van der Waals surface area contributed by atoms with Crippen LogP contribution in [-0.2, 0) is 6.42 Å². The van der Waals surface area contributed by atoms with Crippen LogP contribution >= 0.6 is 0 Å². The number of benzene rings is 1. The maximum absolute atomic E-state index is 13.1. The van der Waals surface area contributed by atoms with Crippen LogP contribution in [0.2, 0.25) is 0 Å². The fourth-order valence-corrected chi connectivity index (χ4v) is 1.07. The Morgan fingerprint density at radius 1 is 1.46 bits per heavy atom. The first-order chi connectivity index (χ1) is 6.20. The predicted octanol–water partition coefficient (Wildman–Crippen LogP) is 1.07. The molecule has 4 heteroatoms. The quantitative estimate of drug-likeness (QED) is 0.742. The zero-order valence-corrected chi connectivity index (χ0v) is 7.25. The van der Waals surface area contributed by atoms with Gasteiger partial charge in [0.25, 0.3) is 0 Å². The fraction of sp³-hybridized carbons (Fsp3) is 0.333. The molecule has 0 spiro atoms. The molecule has 0 unspecified atom stereocenters. The second kappa shape index (κ2) is 4.09. The summed E-state index contributed by atoms with van der Waals surface area (Å²) in [5, 5.41) is 17.9. The molecule has 3 nitrogen and oxygen atoms in total. The number of aromatic hydroxyl groups is 1. The molecule has 2 N–H and O–H groups in total. The second-order valence-corrected chi connectivity index (χ2v) is 2.56. The van der Waals surface area contributed by atoms with Crippen molar-refractivity contribution in [3.05, 3.63) is 23.5 Å². The molecule has 0 radical (unpaired) electrons. The first-order valence-corrected chi connectivity index (χ1v) is 3.86. The lowest BCUT2D eigenvalue weighted by molar-refractivity contribution is 0.295. The maximum atomic E-state index is 13.1. The van der Waals surface area contributed by atoms with E-state index in [1.807, 2.05) is 0 Å². The fourth-order valence-electron chi connectivity index (χ4n) is 1.07. The molecule has 0 aliphatic heterocycles. The Morgan fingerprint density at radius 2 is 2.15 bits per heavy atom. The van der Waals surface area contributed by atoms with E-state index in [0.717, 1.165) is 0 Å². The first-order valence-electron chi connectivity index (χ1n) is 3.86. The van der Waals surface area contributed by atoms with Gasteiger partial charge in [0.1, 0.15) is 0 Å². The Bertz CT molecular complexity index is 299. The monoisotopic (exact) mass is 186 g/mol. The Hall–Kier alpha value is -1.29. The van der Waals surface area contributed by atoms with E-state index in [0.29, 0.717) is 5.56 Å². The molecular formula is C9H11FO3. The number of ether oxygens (including phenoxy) is 1. The molecule has 0 aliphatic rings. The number of phenolic OH excluding ortho intramolecular Hbond substituents is 1. The minimum Gasteiger partial charge on any atom is -0.505 e. The molecule has 0 heterocycles. The Labute approximate surface area is 75.4 Å². The van der Waals surface area contributed by atoms with Crippen LogP contribution in [0.3, 0.4) is 0 Å².